The van der Waals surface area contributed by atoms with Crippen molar-refractivity contribution < 1.29 is 22.6 Å². The summed E-state index contributed by atoms with van der Waals surface area (Å²) in [5, 5.41) is 3.06. The zero-order valence-corrected chi connectivity index (χ0v) is 15.2. The lowest BCUT2D eigenvalue weighted by Gasteiger charge is -2.20. The topological polar surface area (TPSA) is 56.3 Å². The first-order valence-corrected chi connectivity index (χ1v) is 8.83. The zero-order chi connectivity index (χ0) is 19.4. The van der Waals surface area contributed by atoms with Gasteiger partial charge in [-0.2, -0.15) is 0 Å². The quantitative estimate of drug-likeness (QED) is 0.768. The average molecular weight is 381 g/mol. The van der Waals surface area contributed by atoms with Gasteiger partial charge in [0.25, 0.3) is 6.43 Å². The van der Waals surface area contributed by atoms with E-state index >= 15 is 0 Å². The molecule has 2 aromatic rings. The molecule has 5 nitrogen and oxygen atoms in total. The van der Waals surface area contributed by atoms with Crippen molar-refractivity contribution in [2.24, 2.45) is 5.92 Å². The fraction of sp³-hybridized carbons (Fsp3) is 0.474. The number of aromatic nitrogens is 2. The van der Waals surface area contributed by atoms with Gasteiger partial charge in [0.1, 0.15) is 11.6 Å². The number of benzene rings is 1. The van der Waals surface area contributed by atoms with Crippen LogP contribution in [0, 0.1) is 18.7 Å². The molecule has 0 saturated carbocycles. The third-order valence-electron chi connectivity index (χ3n) is 4.49. The molecule has 1 aromatic heterocycles. The van der Waals surface area contributed by atoms with Crippen molar-refractivity contribution in [3.8, 4) is 5.75 Å². The number of rotatable bonds is 7. The normalized spacial score (nSPS) is 17.9. The van der Waals surface area contributed by atoms with E-state index in [1.54, 1.807) is 20.0 Å². The lowest BCUT2D eigenvalue weighted by molar-refractivity contribution is 0.146. The summed E-state index contributed by atoms with van der Waals surface area (Å²) in [5.41, 5.74) is -0.475. The van der Waals surface area contributed by atoms with E-state index in [-0.39, 0.29) is 5.56 Å². The van der Waals surface area contributed by atoms with Gasteiger partial charge in [-0.25, -0.2) is 23.1 Å². The molecule has 2 heterocycles. The van der Waals surface area contributed by atoms with Crippen LogP contribution in [0.15, 0.2) is 24.4 Å². The molecule has 2 atom stereocenters. The van der Waals surface area contributed by atoms with Crippen LogP contribution in [0.4, 0.5) is 19.0 Å². The van der Waals surface area contributed by atoms with Gasteiger partial charge < -0.3 is 14.8 Å². The minimum Gasteiger partial charge on any atom is -0.488 e. The summed E-state index contributed by atoms with van der Waals surface area (Å²) in [7, 11) is 0. The summed E-state index contributed by atoms with van der Waals surface area (Å²) >= 11 is 0. The molecule has 1 fully saturated rings. The van der Waals surface area contributed by atoms with Crippen LogP contribution < -0.4 is 10.1 Å². The minimum absolute atomic E-state index is 0.138. The lowest BCUT2D eigenvalue weighted by atomic mass is 10.0. The highest BCUT2D eigenvalue weighted by Gasteiger charge is 2.21. The number of ether oxygens (including phenoxy) is 2. The summed E-state index contributed by atoms with van der Waals surface area (Å²) in [6.07, 6.45) is -0.387. The maximum absolute atomic E-state index is 14.4. The van der Waals surface area contributed by atoms with Crippen LogP contribution in [-0.4, -0.2) is 29.8 Å². The van der Waals surface area contributed by atoms with E-state index in [0.717, 1.165) is 19.1 Å². The van der Waals surface area contributed by atoms with Crippen molar-refractivity contribution in [3.63, 3.8) is 0 Å². The van der Waals surface area contributed by atoms with Crippen LogP contribution in [0.2, 0.25) is 0 Å². The molecule has 1 aliphatic rings. The largest absolute Gasteiger partial charge is 0.488 e. The Morgan fingerprint density at radius 2 is 2.11 bits per heavy atom. The Bertz CT molecular complexity index is 783. The summed E-state index contributed by atoms with van der Waals surface area (Å²) in [5.74, 6) is 0.740. The Morgan fingerprint density at radius 1 is 1.33 bits per heavy atom. The molecule has 146 valence electrons. The fourth-order valence-corrected chi connectivity index (χ4v) is 2.94. The highest BCUT2D eigenvalue weighted by Crippen LogP contribution is 2.31. The van der Waals surface area contributed by atoms with Crippen LogP contribution in [0.25, 0.3) is 0 Å². The maximum Gasteiger partial charge on any atom is 0.266 e. The van der Waals surface area contributed by atoms with Crippen LogP contribution in [0.5, 0.6) is 5.75 Å². The van der Waals surface area contributed by atoms with Gasteiger partial charge in [0.05, 0.1) is 31.0 Å². The second-order valence-electron chi connectivity index (χ2n) is 6.59. The van der Waals surface area contributed by atoms with E-state index in [9.17, 15) is 13.2 Å². The van der Waals surface area contributed by atoms with Gasteiger partial charge in [-0.3, -0.25) is 0 Å². The molecule has 3 rings (SSSR count). The molecule has 1 aromatic carbocycles. The summed E-state index contributed by atoms with van der Waals surface area (Å²) in [6.45, 7) is 5.24. The van der Waals surface area contributed by atoms with E-state index in [1.807, 2.05) is 0 Å². The van der Waals surface area contributed by atoms with Gasteiger partial charge in [-0.15, -0.1) is 0 Å². The van der Waals surface area contributed by atoms with E-state index in [0.29, 0.717) is 36.5 Å². The molecule has 0 spiro atoms. The van der Waals surface area contributed by atoms with E-state index in [1.165, 1.54) is 12.1 Å². The summed E-state index contributed by atoms with van der Waals surface area (Å²) in [6, 6.07) is 3.39. The van der Waals surface area contributed by atoms with Crippen LogP contribution >= 0.6 is 0 Å². The lowest BCUT2D eigenvalue weighted by Crippen LogP contribution is -2.16. The predicted molar refractivity (Wildman–Crippen MR) is 94.6 cm³/mol. The standard InChI is InChI=1S/C19H22F3N3O2/c1-11(14-4-3-5-15(17(14)20)18(21)22)24-19-16(8-23-12(2)25-19)27-10-13-6-7-26-9-13/h3-5,8,11,13,18H,6-7,9-10H2,1-2H3,(H,23,24,25)/t11-,13?/m1/s1. The SMILES string of the molecule is Cc1ncc(OCC2CCOC2)c(N[C@H](C)c2cccc(C(F)F)c2F)n1. The molecule has 0 bridgehead atoms. The fourth-order valence-electron chi connectivity index (χ4n) is 2.94. The van der Waals surface area contributed by atoms with E-state index < -0.39 is 23.8 Å². The van der Waals surface area contributed by atoms with Crippen molar-refractivity contribution in [1.82, 2.24) is 9.97 Å². The third kappa shape index (κ3) is 4.68. The average Bonchev–Trinajstić information content (AvgIpc) is 3.14. The van der Waals surface area contributed by atoms with Crippen LogP contribution in [0.3, 0.4) is 0 Å². The number of anilines is 1. The molecule has 0 aliphatic carbocycles. The van der Waals surface area contributed by atoms with E-state index in [4.69, 9.17) is 9.47 Å². The highest BCUT2D eigenvalue weighted by atomic mass is 19.3. The minimum atomic E-state index is -2.87. The van der Waals surface area contributed by atoms with Gasteiger partial charge in [0.15, 0.2) is 11.6 Å². The van der Waals surface area contributed by atoms with Crippen molar-refractivity contribution in [2.75, 3.05) is 25.1 Å². The predicted octanol–water partition coefficient (Wildman–Crippen LogP) is 4.45. The first kappa shape index (κ1) is 19.4. The van der Waals surface area contributed by atoms with Crippen LogP contribution in [0.1, 0.15) is 42.8 Å². The van der Waals surface area contributed by atoms with Crippen LogP contribution in [-0.2, 0) is 4.74 Å². The summed E-state index contributed by atoms with van der Waals surface area (Å²) in [4.78, 5) is 8.46. The van der Waals surface area contributed by atoms with Gasteiger partial charge in [-0.05, 0) is 20.3 Å². The smallest absolute Gasteiger partial charge is 0.266 e. The Balaban J connectivity index is 1.78. The van der Waals surface area contributed by atoms with E-state index in [2.05, 4.69) is 15.3 Å². The molecule has 27 heavy (non-hydrogen) atoms. The number of halogens is 3. The maximum atomic E-state index is 14.4. The number of nitrogens with zero attached hydrogens (tertiary/aromatic N) is 2. The Labute approximate surface area is 155 Å². The molecule has 1 saturated heterocycles. The molecular weight excluding hydrogens is 359 g/mol. The number of hydrogen-bond donors (Lipinski definition) is 1. The molecule has 1 N–H and O–H groups in total. The Kier molecular flexibility index (Phi) is 6.15. The molecular formula is C19H22F3N3O2. The molecule has 1 aliphatic heterocycles. The molecule has 0 amide bonds. The van der Waals surface area contributed by atoms with Crippen molar-refractivity contribution in [3.05, 3.63) is 47.2 Å². The van der Waals surface area contributed by atoms with Crippen molar-refractivity contribution in [2.45, 2.75) is 32.7 Å². The first-order chi connectivity index (χ1) is 13.0. The zero-order valence-electron chi connectivity index (χ0n) is 15.2. The first-order valence-electron chi connectivity index (χ1n) is 8.83. The monoisotopic (exact) mass is 381 g/mol. The van der Waals surface area contributed by atoms with Crippen molar-refractivity contribution in [1.29, 1.82) is 0 Å². The molecule has 1 unspecified atom stereocenters. The second-order valence-corrected chi connectivity index (χ2v) is 6.59. The number of aryl methyl sites for hydroxylation is 1. The molecule has 0 radical (unpaired) electrons. The number of nitrogens with one attached hydrogen (secondary N) is 1. The second kappa shape index (κ2) is 8.56. The van der Waals surface area contributed by atoms with Gasteiger partial charge in [0, 0.05) is 18.1 Å². The third-order valence-corrected chi connectivity index (χ3v) is 4.49. The number of alkyl halides is 2. The number of hydrogen-bond acceptors (Lipinski definition) is 5. The Morgan fingerprint density at radius 3 is 2.81 bits per heavy atom. The summed E-state index contributed by atoms with van der Waals surface area (Å²) < 4.78 is 51.5. The van der Waals surface area contributed by atoms with Gasteiger partial charge >= 0.3 is 0 Å². The molecule has 8 heteroatoms. The Hall–Kier alpha value is -2.35. The van der Waals surface area contributed by atoms with Crippen molar-refractivity contribution >= 4 is 5.82 Å². The van der Waals surface area contributed by atoms with Gasteiger partial charge in [-0.1, -0.05) is 18.2 Å². The van der Waals surface area contributed by atoms with Gasteiger partial charge in [0.2, 0.25) is 0 Å². The highest BCUT2D eigenvalue weighted by molar-refractivity contribution is 5.50.